The van der Waals surface area contributed by atoms with Crippen LogP contribution in [0.3, 0.4) is 0 Å². The summed E-state index contributed by atoms with van der Waals surface area (Å²) in [7, 11) is 0. The number of hydrogen-bond acceptors (Lipinski definition) is 2. The summed E-state index contributed by atoms with van der Waals surface area (Å²) in [5.74, 6) is 0. The Bertz CT molecular complexity index is 3380. The number of nitrogens with zero attached hydrogens (tertiary/aromatic N) is 1. The average molecular weight is 770 g/mol. The standard InChI is InChI=1S/C58H43NO/c1-57(2)50-23-9-7-18-44(50)46-32-29-38(35-52(46)57)36-26-30-40(31-27-36)59(53-25-13-21-47-45-19-8-10-24-51(45)58(3,4)54(47)53)41-16-11-15-39(34-41)43-20-12-22-48-49-33-28-37-14-5-6-17-42(37)55(49)60-56(43)48/h5-35H,1-4H3. The molecule has 2 nitrogen and oxygen atoms in total. The Morgan fingerprint density at radius 2 is 0.983 bits per heavy atom. The van der Waals surface area contributed by atoms with Crippen molar-refractivity contribution in [1.82, 2.24) is 0 Å². The molecule has 9 aromatic carbocycles. The van der Waals surface area contributed by atoms with Gasteiger partial charge in [0.05, 0.1) is 5.69 Å². The molecule has 286 valence electrons. The fraction of sp³-hybridized carbons (Fsp3) is 0.103. The molecule has 0 radical (unpaired) electrons. The Kier molecular flexibility index (Phi) is 7.36. The minimum atomic E-state index is -0.199. The third-order valence-electron chi connectivity index (χ3n) is 13.6. The van der Waals surface area contributed by atoms with Crippen LogP contribution in [0, 0.1) is 0 Å². The Balaban J connectivity index is 1.02. The van der Waals surface area contributed by atoms with Gasteiger partial charge in [0.25, 0.3) is 0 Å². The summed E-state index contributed by atoms with van der Waals surface area (Å²) in [4.78, 5) is 2.47. The number of rotatable bonds is 5. The van der Waals surface area contributed by atoms with Gasteiger partial charge in [-0.05, 0) is 109 Å². The van der Waals surface area contributed by atoms with Crippen LogP contribution in [0.15, 0.2) is 192 Å². The molecule has 1 heterocycles. The van der Waals surface area contributed by atoms with Crippen molar-refractivity contribution in [2.45, 2.75) is 38.5 Å². The SMILES string of the molecule is CC1(C)c2ccccc2-c2ccc(-c3ccc(N(c4cccc(-c5cccc6c5oc5c7ccccc7ccc65)c4)c4cccc5c4C(C)(C)c4ccccc4-5)cc3)cc21. The van der Waals surface area contributed by atoms with E-state index in [-0.39, 0.29) is 10.8 Å². The number of anilines is 3. The highest BCUT2D eigenvalue weighted by molar-refractivity contribution is 6.17. The summed E-state index contributed by atoms with van der Waals surface area (Å²) in [6.45, 7) is 9.45. The maximum absolute atomic E-state index is 6.84. The molecule has 2 aliphatic carbocycles. The van der Waals surface area contributed by atoms with Crippen LogP contribution >= 0.6 is 0 Å². The third kappa shape index (κ3) is 4.94. The van der Waals surface area contributed by atoms with E-state index in [0.29, 0.717) is 0 Å². The largest absolute Gasteiger partial charge is 0.455 e. The Hall–Kier alpha value is -7.16. The molecule has 0 unspecified atom stereocenters. The van der Waals surface area contributed by atoms with Gasteiger partial charge in [-0.3, -0.25) is 0 Å². The lowest BCUT2D eigenvalue weighted by molar-refractivity contribution is 0.660. The highest BCUT2D eigenvalue weighted by atomic mass is 16.3. The molecule has 0 spiro atoms. The minimum absolute atomic E-state index is 0.0533. The second kappa shape index (κ2) is 12.7. The van der Waals surface area contributed by atoms with Crippen molar-refractivity contribution in [2.75, 3.05) is 4.90 Å². The van der Waals surface area contributed by atoms with Gasteiger partial charge >= 0.3 is 0 Å². The van der Waals surface area contributed by atoms with E-state index >= 15 is 0 Å². The van der Waals surface area contributed by atoms with Crippen LogP contribution in [0.25, 0.3) is 77.2 Å². The molecule has 10 aromatic rings. The van der Waals surface area contributed by atoms with Crippen LogP contribution in [-0.4, -0.2) is 0 Å². The van der Waals surface area contributed by atoms with Gasteiger partial charge in [0.1, 0.15) is 11.2 Å². The van der Waals surface area contributed by atoms with E-state index in [1.165, 1.54) is 66.7 Å². The van der Waals surface area contributed by atoms with Crippen molar-refractivity contribution in [1.29, 1.82) is 0 Å². The Morgan fingerprint density at radius 1 is 0.367 bits per heavy atom. The zero-order chi connectivity index (χ0) is 40.3. The number of benzene rings is 9. The molecule has 12 rings (SSSR count). The zero-order valence-corrected chi connectivity index (χ0v) is 34.3. The van der Waals surface area contributed by atoms with Crippen molar-refractivity contribution in [3.8, 4) is 44.5 Å². The van der Waals surface area contributed by atoms with Gasteiger partial charge in [0.15, 0.2) is 0 Å². The lowest BCUT2D eigenvalue weighted by Crippen LogP contribution is -2.20. The topological polar surface area (TPSA) is 16.4 Å². The van der Waals surface area contributed by atoms with Crippen LogP contribution in [0.5, 0.6) is 0 Å². The van der Waals surface area contributed by atoms with Crippen molar-refractivity contribution in [2.24, 2.45) is 0 Å². The number of furan rings is 1. The Labute approximate surface area is 351 Å². The molecular formula is C58H43NO. The maximum atomic E-state index is 6.84. The van der Waals surface area contributed by atoms with Crippen LogP contribution in [0.2, 0.25) is 0 Å². The van der Waals surface area contributed by atoms with E-state index in [4.69, 9.17) is 4.42 Å². The molecule has 60 heavy (non-hydrogen) atoms. The predicted octanol–water partition coefficient (Wildman–Crippen LogP) is 16.2. The number of fused-ring (bicyclic) bond motifs is 11. The van der Waals surface area contributed by atoms with Gasteiger partial charge in [0.2, 0.25) is 0 Å². The molecule has 0 aliphatic heterocycles. The monoisotopic (exact) mass is 769 g/mol. The van der Waals surface area contributed by atoms with E-state index < -0.39 is 0 Å². The van der Waals surface area contributed by atoms with E-state index in [0.717, 1.165) is 49.8 Å². The van der Waals surface area contributed by atoms with Crippen LogP contribution in [-0.2, 0) is 10.8 Å². The average Bonchev–Trinajstić information content (AvgIpc) is 3.87. The molecule has 2 heteroatoms. The molecule has 1 aromatic heterocycles. The lowest BCUT2D eigenvalue weighted by Gasteiger charge is -2.32. The van der Waals surface area contributed by atoms with Gasteiger partial charge in [-0.1, -0.05) is 173 Å². The highest BCUT2D eigenvalue weighted by Crippen LogP contribution is 2.55. The first-order valence-corrected chi connectivity index (χ1v) is 21.1. The van der Waals surface area contributed by atoms with Gasteiger partial charge in [0, 0.05) is 43.9 Å². The fourth-order valence-corrected chi connectivity index (χ4v) is 10.7. The summed E-state index contributed by atoms with van der Waals surface area (Å²) in [5, 5.41) is 4.59. The van der Waals surface area contributed by atoms with Crippen molar-refractivity contribution >= 4 is 49.8 Å². The molecular weight excluding hydrogens is 727 g/mol. The Morgan fingerprint density at radius 3 is 1.82 bits per heavy atom. The molecule has 0 amide bonds. The van der Waals surface area contributed by atoms with Gasteiger partial charge in [-0.15, -0.1) is 0 Å². The molecule has 0 fully saturated rings. The van der Waals surface area contributed by atoms with E-state index in [2.05, 4.69) is 221 Å². The molecule has 0 atom stereocenters. The van der Waals surface area contributed by atoms with E-state index in [1.54, 1.807) is 0 Å². The molecule has 0 saturated carbocycles. The quantitative estimate of drug-likeness (QED) is 0.173. The molecule has 0 N–H and O–H groups in total. The first-order chi connectivity index (χ1) is 29.3. The van der Waals surface area contributed by atoms with Crippen LogP contribution in [0.1, 0.15) is 49.9 Å². The predicted molar refractivity (Wildman–Crippen MR) is 252 cm³/mol. The summed E-state index contributed by atoms with van der Waals surface area (Å²) < 4.78 is 6.84. The third-order valence-corrected chi connectivity index (χ3v) is 13.6. The van der Waals surface area contributed by atoms with Crippen molar-refractivity contribution in [3.05, 3.63) is 210 Å². The molecule has 0 bridgehead atoms. The summed E-state index contributed by atoms with van der Waals surface area (Å²) in [6, 6.07) is 69.2. The van der Waals surface area contributed by atoms with Gasteiger partial charge in [-0.2, -0.15) is 0 Å². The number of para-hydroxylation sites is 1. The summed E-state index contributed by atoms with van der Waals surface area (Å²) >= 11 is 0. The smallest absolute Gasteiger partial charge is 0.143 e. The first kappa shape index (κ1) is 34.8. The lowest BCUT2D eigenvalue weighted by atomic mass is 9.81. The van der Waals surface area contributed by atoms with Crippen LogP contribution < -0.4 is 4.90 Å². The van der Waals surface area contributed by atoms with Crippen molar-refractivity contribution < 1.29 is 4.42 Å². The van der Waals surface area contributed by atoms with Crippen molar-refractivity contribution in [3.63, 3.8) is 0 Å². The molecule has 0 saturated heterocycles. The first-order valence-electron chi connectivity index (χ1n) is 21.1. The van der Waals surface area contributed by atoms with Gasteiger partial charge in [-0.25, -0.2) is 0 Å². The fourth-order valence-electron chi connectivity index (χ4n) is 10.7. The second-order valence-corrected chi connectivity index (χ2v) is 17.7. The number of hydrogen-bond donors (Lipinski definition) is 0. The minimum Gasteiger partial charge on any atom is -0.455 e. The van der Waals surface area contributed by atoms with E-state index in [9.17, 15) is 0 Å². The normalized spacial score (nSPS) is 14.3. The molecule has 2 aliphatic rings. The van der Waals surface area contributed by atoms with Gasteiger partial charge < -0.3 is 9.32 Å². The zero-order valence-electron chi connectivity index (χ0n) is 34.3. The summed E-state index contributed by atoms with van der Waals surface area (Å²) in [5.41, 5.74) is 20.4. The second-order valence-electron chi connectivity index (χ2n) is 17.7. The highest BCUT2D eigenvalue weighted by Gasteiger charge is 2.39. The summed E-state index contributed by atoms with van der Waals surface area (Å²) in [6.07, 6.45) is 0. The maximum Gasteiger partial charge on any atom is 0.143 e. The van der Waals surface area contributed by atoms with Crippen LogP contribution in [0.4, 0.5) is 17.1 Å². The van der Waals surface area contributed by atoms with E-state index in [1.807, 2.05) is 0 Å².